The molecule has 19 rings (SSSR count). The molecule has 6 N–H and O–H groups in total. The van der Waals surface area contributed by atoms with Gasteiger partial charge in [0.25, 0.3) is 0 Å². The summed E-state index contributed by atoms with van der Waals surface area (Å²) in [7, 11) is 0. The number of carbonyl (C=O) groups is 6. The molecule has 0 saturated heterocycles. The number of unbranched alkanes of at least 4 members (excludes halogenated alkanes) is 5. The van der Waals surface area contributed by atoms with E-state index >= 15 is 0 Å². The van der Waals surface area contributed by atoms with Crippen LogP contribution in [0.3, 0.4) is 0 Å². The topological polar surface area (TPSA) is 237 Å². The quantitative estimate of drug-likeness (QED) is 0.0391. The number of rotatable bonds is 16. The van der Waals surface area contributed by atoms with Gasteiger partial charge in [0.05, 0.1) is 46.4 Å². The third kappa shape index (κ3) is 16.7. The molecule has 1 heterocycles. The second-order valence-electron chi connectivity index (χ2n) is 36.9. The number of halogens is 6. The van der Waals surface area contributed by atoms with Crippen LogP contribution in [0.15, 0.2) is 121 Å². The van der Waals surface area contributed by atoms with Gasteiger partial charge in [0.1, 0.15) is 28.7 Å². The van der Waals surface area contributed by atoms with Gasteiger partial charge in [-0.3, -0.25) is 29.1 Å². The highest BCUT2D eigenvalue weighted by Gasteiger charge is 2.53. The lowest BCUT2D eigenvalue weighted by Crippen LogP contribution is -2.28. The van der Waals surface area contributed by atoms with Crippen LogP contribution in [-0.4, -0.2) is 70.4 Å². The van der Waals surface area contributed by atoms with Crippen LogP contribution in [0.2, 0.25) is 15.1 Å². The molecule has 6 unspecified atom stereocenters. The average Bonchev–Trinajstić information content (AvgIpc) is 1.57. The smallest absolute Gasteiger partial charge is 0.233 e. The summed E-state index contributed by atoms with van der Waals surface area (Å²) in [4.78, 5) is 76.3. The first-order chi connectivity index (χ1) is 59.3. The van der Waals surface area contributed by atoms with Crippen LogP contribution >= 0.6 is 84.9 Å². The van der Waals surface area contributed by atoms with Crippen LogP contribution in [-0.2, 0) is 67.3 Å². The molecule has 14 nitrogen and oxygen atoms in total. The fraction of sp³-hybridized carbons (Fsp3) is 0.462. The molecule has 0 radical (unpaired) electrons. The second kappa shape index (κ2) is 37.4. The Morgan fingerprint density at radius 3 is 1.24 bits per heavy atom. The van der Waals surface area contributed by atoms with Crippen molar-refractivity contribution in [3.05, 3.63) is 214 Å². The minimum absolute atomic E-state index is 0.00250. The number of aromatic amines is 1. The first-order valence-corrected chi connectivity index (χ1v) is 48.3. The molecule has 6 atom stereocenters. The molecule has 1 aromatic heterocycles. The minimum atomic E-state index is -0.163. The van der Waals surface area contributed by atoms with Crippen LogP contribution in [0.1, 0.15) is 302 Å². The molecular formula is C104H113BrCl4IN3O11. The van der Waals surface area contributed by atoms with Crippen LogP contribution in [0.25, 0.3) is 49.2 Å². The van der Waals surface area contributed by atoms with Gasteiger partial charge in [0.2, 0.25) is 5.70 Å². The first kappa shape index (κ1) is 92.3. The van der Waals surface area contributed by atoms with E-state index in [0.29, 0.717) is 86.2 Å². The van der Waals surface area contributed by atoms with Crippen LogP contribution in [0.4, 0.5) is 0 Å². The van der Waals surface area contributed by atoms with Crippen LogP contribution < -0.4 is 0 Å². The summed E-state index contributed by atoms with van der Waals surface area (Å²) in [6.45, 7) is 24.6. The van der Waals surface area contributed by atoms with Gasteiger partial charge >= 0.3 is 0 Å². The van der Waals surface area contributed by atoms with E-state index < -0.39 is 0 Å². The predicted molar refractivity (Wildman–Crippen MR) is 510 cm³/mol. The zero-order valence-corrected chi connectivity index (χ0v) is 79.3. The maximum absolute atomic E-state index is 12.2. The number of Topliss-reactive ketones (excluding diaryl/α,β-unsaturated/α-hetero) is 6. The van der Waals surface area contributed by atoms with Gasteiger partial charge in [0.15, 0.2) is 34.7 Å². The lowest BCUT2D eigenvalue weighted by atomic mass is 9.67. The van der Waals surface area contributed by atoms with Crippen molar-refractivity contribution < 1.29 is 54.3 Å². The van der Waals surface area contributed by atoms with E-state index in [-0.39, 0.29) is 78.6 Å². The van der Waals surface area contributed by atoms with E-state index in [9.17, 15) is 54.3 Å². The second-order valence-corrected chi connectivity index (χ2v) is 40.3. The number of ketones is 6. The van der Waals surface area contributed by atoms with E-state index in [4.69, 9.17) is 53.0 Å². The Labute approximate surface area is 771 Å². The third-order valence-electron chi connectivity index (χ3n) is 29.8. The summed E-state index contributed by atoms with van der Waals surface area (Å²) in [5, 5.41) is 59.1. The van der Waals surface area contributed by atoms with Crippen molar-refractivity contribution >= 4 is 164 Å². The molecule has 0 fully saturated rings. The number of hydrogen-bond acceptors (Lipinski definition) is 12. The Kier molecular flexibility index (Phi) is 27.9. The lowest BCUT2D eigenvalue weighted by molar-refractivity contribution is -0.117. The van der Waals surface area contributed by atoms with Gasteiger partial charge in [-0.2, -0.15) is 5.10 Å². The van der Waals surface area contributed by atoms with Crippen molar-refractivity contribution in [1.29, 1.82) is 0 Å². The largest absolute Gasteiger partial charge is 0.508 e. The number of H-pyrrole nitrogens is 1. The van der Waals surface area contributed by atoms with Gasteiger partial charge in [-0.15, -0.1) is 0 Å². The van der Waals surface area contributed by atoms with Crippen molar-refractivity contribution in [3.63, 3.8) is 0 Å². The van der Waals surface area contributed by atoms with E-state index in [2.05, 4.69) is 107 Å². The van der Waals surface area contributed by atoms with Gasteiger partial charge in [-0.1, -0.05) is 189 Å². The number of aromatic hydroxyl groups is 5. The molecule has 12 aliphatic rings. The molecule has 7 aromatic rings. The summed E-state index contributed by atoms with van der Waals surface area (Å²) >= 11 is 31.0. The highest BCUT2D eigenvalue weighted by molar-refractivity contribution is 14.1. The number of benzene rings is 6. The molecule has 124 heavy (non-hydrogen) atoms. The molecule has 0 bridgehead atoms. The summed E-state index contributed by atoms with van der Waals surface area (Å²) in [5.74, 6) is 2.00. The zero-order chi connectivity index (χ0) is 88.9. The first-order valence-electron chi connectivity index (χ1n) is 44.9. The molecule has 12 aliphatic carbocycles. The van der Waals surface area contributed by atoms with E-state index in [1.165, 1.54) is 81.2 Å². The molecule has 0 amide bonds. The van der Waals surface area contributed by atoms with E-state index in [1.807, 2.05) is 62.5 Å². The highest BCUT2D eigenvalue weighted by atomic mass is 127. The number of phenolic OH excluding ortho intramolecular Hbond substituents is 5. The number of nitrogens with zero attached hydrogens (tertiary/aromatic N) is 2. The van der Waals surface area contributed by atoms with Gasteiger partial charge in [0, 0.05) is 71.0 Å². The van der Waals surface area contributed by atoms with E-state index in [0.717, 1.165) is 224 Å². The Hall–Kier alpha value is -7.89. The number of hydrogen-bond donors (Lipinski definition) is 6. The maximum atomic E-state index is 12.2. The number of nitrogens with one attached hydrogen (secondary N) is 1. The molecule has 6 aromatic carbocycles. The van der Waals surface area contributed by atoms with Gasteiger partial charge < -0.3 is 30.3 Å². The normalized spacial score (nSPS) is 24.4. The summed E-state index contributed by atoms with van der Waals surface area (Å²) in [6.07, 6.45) is 34.0. The minimum Gasteiger partial charge on any atom is -0.508 e. The van der Waals surface area contributed by atoms with Crippen molar-refractivity contribution in [1.82, 2.24) is 10.2 Å². The summed E-state index contributed by atoms with van der Waals surface area (Å²) < 4.78 is 1.64. The van der Waals surface area contributed by atoms with Crippen molar-refractivity contribution in [2.75, 3.05) is 0 Å². The monoisotopic (exact) mass is 1930 g/mol. The Morgan fingerprint density at radius 2 is 0.774 bits per heavy atom. The molecule has 0 saturated carbocycles. The Balaban J connectivity index is 0.000000121. The van der Waals surface area contributed by atoms with Crippen molar-refractivity contribution in [2.45, 2.75) is 274 Å². The summed E-state index contributed by atoms with van der Waals surface area (Å²) in [6, 6.07) is 25.8. The Morgan fingerprint density at radius 1 is 0.419 bits per heavy atom. The van der Waals surface area contributed by atoms with E-state index in [1.54, 1.807) is 30.3 Å². The fourth-order valence-corrected chi connectivity index (χ4v) is 26.4. The van der Waals surface area contributed by atoms with Crippen LogP contribution in [0, 0.1) is 39.1 Å². The fourth-order valence-electron chi connectivity index (χ4n) is 23.4. The summed E-state index contributed by atoms with van der Waals surface area (Å²) in [5.41, 5.74) is 23.5. The van der Waals surface area contributed by atoms with Crippen LogP contribution in [0.5, 0.6) is 28.7 Å². The standard InChI is InChI=1S/C18H18ClNO2.C18H22O2.C17H18BrClO2.C17H18Cl2O2.C17H19IO2.C17H18N2O/c1-3-4-8-18-9-7-14(22)17(20-2)15(18)11-5-6-13(21)16(19)12(11)10-18;1-3-4-8-18-9-7-16(20)12(2)17(18)15-6-5-14(19)10-13(15)11-18;1-2-3-7-17-8-6-12(20)15(18)14(17)10-4-5-13(21)16(19)11(10)9-17;1-2-3-7-17-8-6-13(21)16(19)14(17)10-4-5-12(20)15(18)11(10)9-17;1-2-3-7-17-8-6-14(20)16(18)15(17)13-5-4-12(19)9-11(13)10-17;1-3-17-7-6-15(20)10(2)16(17)11-4-5-14-13(9-18-19-14)12(11)8-17/h5-6,21H,3-4,7-10H2,1H3;5-6,10,19H,3-4,7-9,11H2,1-2H3;4-5,21H,2-3,6-9H2,1H3;4-5,20H,2-3,6-9H2,1H3;4-5,9,19H,2-3,6-8,10H2,1H3;4-5,9H,3,6-8H2,1-2H3,(H,18,19). The van der Waals surface area contributed by atoms with Gasteiger partial charge in [-0.05, 0) is 333 Å². The number of aromatic nitrogens is 2. The number of phenols is 5. The predicted octanol–water partition coefficient (Wildman–Crippen LogP) is 27.7. The number of fused-ring (bicyclic) bond motifs is 20. The highest BCUT2D eigenvalue weighted by Crippen LogP contribution is 2.65. The Bertz CT molecular complexity index is 5600. The van der Waals surface area contributed by atoms with Gasteiger partial charge in [-0.25, -0.2) is 4.85 Å². The molecule has 0 spiro atoms. The molecule has 20 heteroatoms. The average molecular weight is 1930 g/mol. The molecule has 0 aliphatic heterocycles. The third-order valence-corrected chi connectivity index (χ3v) is 33.4. The SMILES string of the molecule is CCC12CCC(=O)C(C)=C1c1ccc3[nH]ncc3c1C2.CCCCC12CCC(=O)C(Br)=C1c1ccc(O)c(Cl)c1C2.CCCCC12CCC(=O)C(C)=C1c1ccc(O)cc1C2.CCCCC12CCC(=O)C(Cl)=C1c1ccc(O)c(Cl)c1C2.CCCCC12CCC(=O)C(I)=C1c1ccc(O)cc1C2.[C-]#[N+]C1=C2c3ccc(O)c(Cl)c3CC2(CCCC)CCC1=O. The van der Waals surface area contributed by atoms with Crippen molar-refractivity contribution in [3.8, 4) is 28.7 Å². The molecular weight excluding hydrogens is 1820 g/mol. The maximum Gasteiger partial charge on any atom is 0.233 e. The zero-order valence-electron chi connectivity index (χ0n) is 72.5. The number of allylic oxidation sites excluding steroid dienone is 12. The lowest BCUT2D eigenvalue weighted by Gasteiger charge is -2.36. The molecule has 652 valence electrons. The van der Waals surface area contributed by atoms with Crippen molar-refractivity contribution in [2.24, 2.45) is 32.5 Å². The number of carbonyl (C=O) groups excluding carboxylic acids is 6.